The maximum Gasteiger partial charge on any atom is 0.416 e. The van der Waals surface area contributed by atoms with Gasteiger partial charge >= 0.3 is 6.18 Å². The van der Waals surface area contributed by atoms with Crippen molar-refractivity contribution in [2.45, 2.75) is 32.6 Å². The summed E-state index contributed by atoms with van der Waals surface area (Å²) < 4.78 is 54.9. The smallest absolute Gasteiger partial charge is 0.369 e. The molecule has 1 aromatic heterocycles. The van der Waals surface area contributed by atoms with Crippen LogP contribution in [0.4, 0.5) is 23.2 Å². The standard InChI is InChI=1S/C28H28F4N6/c1-19-4-3-5-25(20(19)2)36-14-16-37(17-15-36)26(22-8-10-23(11-9-22)28(30,31)32)27-33-34-35-38(27)18-21-6-12-24(29)13-7-21/h3-13,26H,14-18H2,1-2H3/t26-/m1/s1. The number of hydrogen-bond donors (Lipinski definition) is 0. The van der Waals surface area contributed by atoms with Crippen LogP contribution in [0.15, 0.2) is 66.7 Å². The summed E-state index contributed by atoms with van der Waals surface area (Å²) in [4.78, 5) is 4.54. The number of alkyl halides is 3. The molecule has 0 spiro atoms. The topological polar surface area (TPSA) is 50.1 Å². The number of anilines is 1. The Bertz CT molecular complexity index is 1370. The Hall–Kier alpha value is -3.79. The number of aromatic nitrogens is 4. The molecule has 0 saturated carbocycles. The Balaban J connectivity index is 1.45. The molecule has 2 heterocycles. The third-order valence-electron chi connectivity index (χ3n) is 7.20. The van der Waals surface area contributed by atoms with Crippen molar-refractivity contribution in [2.75, 3.05) is 31.1 Å². The monoisotopic (exact) mass is 524 g/mol. The Morgan fingerprint density at radius 1 is 0.868 bits per heavy atom. The number of piperazine rings is 1. The first-order valence-electron chi connectivity index (χ1n) is 12.4. The molecule has 0 bridgehead atoms. The third kappa shape index (κ3) is 5.40. The van der Waals surface area contributed by atoms with E-state index >= 15 is 0 Å². The molecule has 0 unspecified atom stereocenters. The van der Waals surface area contributed by atoms with Crippen molar-refractivity contribution in [3.63, 3.8) is 0 Å². The molecule has 1 aliphatic rings. The SMILES string of the molecule is Cc1cccc(N2CCN([C@H](c3ccc(C(F)(F)F)cc3)c3nnnn3Cc3ccc(F)cc3)CC2)c1C. The second kappa shape index (κ2) is 10.5. The van der Waals surface area contributed by atoms with Gasteiger partial charge in [-0.25, -0.2) is 9.07 Å². The highest BCUT2D eigenvalue weighted by atomic mass is 19.4. The molecule has 1 atom stereocenters. The van der Waals surface area contributed by atoms with Gasteiger partial charge in [-0.1, -0.05) is 36.4 Å². The van der Waals surface area contributed by atoms with Crippen LogP contribution in [0, 0.1) is 19.7 Å². The van der Waals surface area contributed by atoms with Crippen LogP contribution < -0.4 is 4.90 Å². The van der Waals surface area contributed by atoms with E-state index in [0.29, 0.717) is 31.0 Å². The molecule has 0 N–H and O–H groups in total. The van der Waals surface area contributed by atoms with E-state index in [2.05, 4.69) is 57.4 Å². The molecule has 198 valence electrons. The summed E-state index contributed by atoms with van der Waals surface area (Å²) >= 11 is 0. The zero-order chi connectivity index (χ0) is 26.9. The van der Waals surface area contributed by atoms with E-state index < -0.39 is 17.8 Å². The lowest BCUT2D eigenvalue weighted by Crippen LogP contribution is -2.48. The summed E-state index contributed by atoms with van der Waals surface area (Å²) in [6.07, 6.45) is -4.42. The van der Waals surface area contributed by atoms with E-state index in [1.807, 2.05) is 0 Å². The van der Waals surface area contributed by atoms with Gasteiger partial charge in [-0.3, -0.25) is 4.90 Å². The lowest BCUT2D eigenvalue weighted by molar-refractivity contribution is -0.137. The zero-order valence-electron chi connectivity index (χ0n) is 21.2. The van der Waals surface area contributed by atoms with Crippen LogP contribution >= 0.6 is 0 Å². The van der Waals surface area contributed by atoms with Gasteiger partial charge in [0.2, 0.25) is 0 Å². The Labute approximate surface area is 218 Å². The molecule has 0 amide bonds. The van der Waals surface area contributed by atoms with E-state index in [9.17, 15) is 17.6 Å². The Kier molecular flexibility index (Phi) is 7.16. The van der Waals surface area contributed by atoms with Gasteiger partial charge in [0.05, 0.1) is 18.2 Å². The van der Waals surface area contributed by atoms with Gasteiger partial charge < -0.3 is 4.90 Å². The quantitative estimate of drug-likeness (QED) is 0.316. The molecule has 1 saturated heterocycles. The summed E-state index contributed by atoms with van der Waals surface area (Å²) in [7, 11) is 0. The van der Waals surface area contributed by atoms with Crippen molar-refractivity contribution in [2.24, 2.45) is 0 Å². The molecule has 38 heavy (non-hydrogen) atoms. The lowest BCUT2D eigenvalue weighted by Gasteiger charge is -2.40. The van der Waals surface area contributed by atoms with Crippen molar-refractivity contribution in [3.05, 3.63) is 106 Å². The predicted molar refractivity (Wildman–Crippen MR) is 136 cm³/mol. The van der Waals surface area contributed by atoms with Crippen LogP contribution in [-0.2, 0) is 12.7 Å². The Morgan fingerprint density at radius 3 is 2.21 bits per heavy atom. The van der Waals surface area contributed by atoms with Gasteiger partial charge in [0, 0.05) is 31.9 Å². The fourth-order valence-electron chi connectivity index (χ4n) is 4.96. The number of halogens is 4. The molecule has 5 rings (SSSR count). The first-order chi connectivity index (χ1) is 18.2. The number of hydrogen-bond acceptors (Lipinski definition) is 5. The van der Waals surface area contributed by atoms with Crippen LogP contribution in [0.5, 0.6) is 0 Å². The number of aryl methyl sites for hydroxylation is 1. The maximum atomic E-state index is 13.4. The van der Waals surface area contributed by atoms with Gasteiger partial charge in [0.15, 0.2) is 5.82 Å². The number of benzene rings is 3. The first kappa shape index (κ1) is 25.8. The fraction of sp³-hybridized carbons (Fsp3) is 0.321. The molecule has 6 nitrogen and oxygen atoms in total. The molecule has 0 aliphatic carbocycles. The normalized spacial score (nSPS) is 15.6. The minimum atomic E-state index is -4.42. The molecule has 1 aliphatic heterocycles. The number of nitrogens with zero attached hydrogens (tertiary/aromatic N) is 6. The summed E-state index contributed by atoms with van der Waals surface area (Å²) in [6, 6.07) is 17.1. The largest absolute Gasteiger partial charge is 0.416 e. The van der Waals surface area contributed by atoms with Crippen molar-refractivity contribution in [1.29, 1.82) is 0 Å². The van der Waals surface area contributed by atoms with Gasteiger partial charge in [0.25, 0.3) is 0 Å². The van der Waals surface area contributed by atoms with Gasteiger partial charge in [-0.15, -0.1) is 5.10 Å². The molecule has 0 radical (unpaired) electrons. The minimum Gasteiger partial charge on any atom is -0.369 e. The van der Waals surface area contributed by atoms with E-state index in [0.717, 1.165) is 30.8 Å². The fourth-order valence-corrected chi connectivity index (χ4v) is 4.96. The van der Waals surface area contributed by atoms with Crippen LogP contribution in [-0.4, -0.2) is 51.3 Å². The van der Waals surface area contributed by atoms with E-state index in [-0.39, 0.29) is 5.82 Å². The summed E-state index contributed by atoms with van der Waals surface area (Å²) in [5, 5.41) is 12.4. The minimum absolute atomic E-state index is 0.308. The number of rotatable bonds is 6. The molecule has 4 aromatic rings. The third-order valence-corrected chi connectivity index (χ3v) is 7.20. The van der Waals surface area contributed by atoms with E-state index in [1.54, 1.807) is 16.8 Å². The average Bonchev–Trinajstić information content (AvgIpc) is 3.35. The van der Waals surface area contributed by atoms with Gasteiger partial charge in [-0.2, -0.15) is 13.2 Å². The molecule has 1 fully saturated rings. The average molecular weight is 525 g/mol. The van der Waals surface area contributed by atoms with Crippen molar-refractivity contribution >= 4 is 5.69 Å². The Morgan fingerprint density at radius 2 is 1.55 bits per heavy atom. The second-order valence-electron chi connectivity index (χ2n) is 9.59. The molecule has 3 aromatic carbocycles. The molecular formula is C28H28F4N6. The molecular weight excluding hydrogens is 496 g/mol. The number of tetrazole rings is 1. The van der Waals surface area contributed by atoms with Crippen molar-refractivity contribution in [1.82, 2.24) is 25.1 Å². The zero-order valence-corrected chi connectivity index (χ0v) is 21.2. The highest BCUT2D eigenvalue weighted by Gasteiger charge is 2.33. The van der Waals surface area contributed by atoms with Crippen LogP contribution in [0.1, 0.15) is 39.7 Å². The summed E-state index contributed by atoms with van der Waals surface area (Å²) in [5.74, 6) is 0.185. The maximum absolute atomic E-state index is 13.4. The molecule has 10 heteroatoms. The van der Waals surface area contributed by atoms with E-state index in [4.69, 9.17) is 0 Å². The van der Waals surface area contributed by atoms with Crippen LogP contribution in [0.25, 0.3) is 0 Å². The first-order valence-corrected chi connectivity index (χ1v) is 12.4. The van der Waals surface area contributed by atoms with Crippen molar-refractivity contribution < 1.29 is 17.6 Å². The lowest BCUT2D eigenvalue weighted by atomic mass is 10.0. The predicted octanol–water partition coefficient (Wildman–Crippen LogP) is 5.41. The van der Waals surface area contributed by atoms with Crippen LogP contribution in [0.2, 0.25) is 0 Å². The van der Waals surface area contributed by atoms with Gasteiger partial charge in [0.1, 0.15) is 5.82 Å². The highest BCUT2D eigenvalue weighted by molar-refractivity contribution is 5.56. The highest BCUT2D eigenvalue weighted by Crippen LogP contribution is 2.34. The van der Waals surface area contributed by atoms with Gasteiger partial charge in [-0.05, 0) is 76.9 Å². The summed E-state index contributed by atoms with van der Waals surface area (Å²) in [5.41, 5.74) is 4.44. The second-order valence-corrected chi connectivity index (χ2v) is 9.59. The van der Waals surface area contributed by atoms with E-state index in [1.165, 1.54) is 41.1 Å². The van der Waals surface area contributed by atoms with Crippen LogP contribution in [0.3, 0.4) is 0 Å². The summed E-state index contributed by atoms with van der Waals surface area (Å²) in [6.45, 7) is 7.36. The van der Waals surface area contributed by atoms with Crippen molar-refractivity contribution in [3.8, 4) is 0 Å².